The highest BCUT2D eigenvalue weighted by Gasteiger charge is 2.26. The maximum atomic E-state index is 12.5. The number of carbonyl (C=O) groups is 1. The van der Waals surface area contributed by atoms with Crippen LogP contribution in [0.4, 0.5) is 0 Å². The predicted molar refractivity (Wildman–Crippen MR) is 91.5 cm³/mol. The zero-order valence-corrected chi connectivity index (χ0v) is 14.5. The summed E-state index contributed by atoms with van der Waals surface area (Å²) in [6.45, 7) is 7.15. The molecule has 0 bridgehead atoms. The summed E-state index contributed by atoms with van der Waals surface area (Å²) < 4.78 is 10.7. The lowest BCUT2D eigenvalue weighted by atomic mass is 10.1. The molecule has 1 N–H and O–H groups in total. The van der Waals surface area contributed by atoms with Crippen LogP contribution in [0.2, 0.25) is 0 Å². The number of H-pyrrole nitrogens is 1. The number of nitrogens with one attached hydrogen (secondary N) is 1. The minimum Gasteiger partial charge on any atom is -0.451 e. The second kappa shape index (κ2) is 6.51. The highest BCUT2D eigenvalue weighted by molar-refractivity contribution is 5.92. The molecule has 130 valence electrons. The molecule has 0 saturated heterocycles. The van der Waals surface area contributed by atoms with Crippen LogP contribution in [-0.4, -0.2) is 21.1 Å². The Hall–Kier alpha value is -2.96. The van der Waals surface area contributed by atoms with Crippen molar-refractivity contribution in [3.63, 3.8) is 0 Å². The topological polar surface area (TPSA) is 98.1 Å². The van der Waals surface area contributed by atoms with Gasteiger partial charge in [-0.05, 0) is 26.0 Å². The number of aromatic nitrogens is 3. The lowest BCUT2D eigenvalue weighted by Crippen LogP contribution is -2.18. The molecule has 0 aliphatic carbocycles. The maximum absolute atomic E-state index is 12.5. The first kappa shape index (κ1) is 16.9. The molecule has 0 radical (unpaired) electrons. The van der Waals surface area contributed by atoms with Crippen LogP contribution < -0.4 is 5.56 Å². The van der Waals surface area contributed by atoms with Crippen LogP contribution in [0.25, 0.3) is 10.9 Å². The van der Waals surface area contributed by atoms with Gasteiger partial charge in [0.25, 0.3) is 5.56 Å². The Balaban J connectivity index is 1.90. The molecule has 25 heavy (non-hydrogen) atoms. The molecule has 0 aliphatic rings. The lowest BCUT2D eigenvalue weighted by molar-refractivity contribution is 0.0316. The summed E-state index contributed by atoms with van der Waals surface area (Å²) in [5.41, 5.74) is 1.08. The van der Waals surface area contributed by atoms with Crippen molar-refractivity contribution in [1.29, 1.82) is 0 Å². The highest BCUT2D eigenvalue weighted by Crippen LogP contribution is 2.25. The monoisotopic (exact) mass is 341 g/mol. The molecular weight excluding hydrogens is 322 g/mol. The van der Waals surface area contributed by atoms with E-state index in [2.05, 4.69) is 15.1 Å². The second-order valence-electron chi connectivity index (χ2n) is 6.18. The Morgan fingerprint density at radius 1 is 1.24 bits per heavy atom. The highest BCUT2D eigenvalue weighted by atomic mass is 16.5. The third-order valence-corrected chi connectivity index (χ3v) is 3.92. The lowest BCUT2D eigenvalue weighted by Gasteiger charge is -2.13. The van der Waals surface area contributed by atoms with Crippen molar-refractivity contribution in [3.8, 4) is 0 Å². The molecule has 7 heteroatoms. The third kappa shape index (κ3) is 3.17. The van der Waals surface area contributed by atoms with Crippen LogP contribution in [0, 0.1) is 6.92 Å². The molecule has 2 aromatic heterocycles. The Morgan fingerprint density at radius 2 is 1.96 bits per heavy atom. The third-order valence-electron chi connectivity index (χ3n) is 3.92. The van der Waals surface area contributed by atoms with E-state index < -0.39 is 12.1 Å². The van der Waals surface area contributed by atoms with Crippen molar-refractivity contribution in [2.24, 2.45) is 0 Å². The molecular formula is C18H19N3O4. The van der Waals surface area contributed by atoms with Gasteiger partial charge in [0, 0.05) is 5.92 Å². The molecule has 1 atom stereocenters. The van der Waals surface area contributed by atoms with Gasteiger partial charge in [0.05, 0.1) is 16.6 Å². The van der Waals surface area contributed by atoms with E-state index in [1.165, 1.54) is 0 Å². The zero-order chi connectivity index (χ0) is 18.1. The maximum Gasteiger partial charge on any atom is 0.344 e. The van der Waals surface area contributed by atoms with Crippen molar-refractivity contribution in [1.82, 2.24) is 15.1 Å². The molecule has 0 amide bonds. The van der Waals surface area contributed by atoms with Gasteiger partial charge < -0.3 is 14.2 Å². The minimum atomic E-state index is -0.723. The van der Waals surface area contributed by atoms with Crippen molar-refractivity contribution in [2.45, 2.75) is 39.7 Å². The smallest absolute Gasteiger partial charge is 0.344 e. The van der Waals surface area contributed by atoms with Crippen LogP contribution in [-0.2, 0) is 4.74 Å². The number of ether oxygens (including phenoxy) is 1. The Kier molecular flexibility index (Phi) is 4.39. The summed E-state index contributed by atoms with van der Waals surface area (Å²) in [5.74, 6) is 0.218. The van der Waals surface area contributed by atoms with Gasteiger partial charge in [-0.15, -0.1) is 0 Å². The van der Waals surface area contributed by atoms with Gasteiger partial charge >= 0.3 is 5.97 Å². The standard InChI is InChI=1S/C18H19N3O4/c1-9(2)15-14(10(3)21-25-15)18(23)24-11(4)16-19-13-8-6-5-7-12(13)17(22)20-16/h5-9,11H,1-4H3,(H,19,20,22)/t11-/m0/s1. The van der Waals surface area contributed by atoms with E-state index in [9.17, 15) is 9.59 Å². The average molecular weight is 341 g/mol. The van der Waals surface area contributed by atoms with Crippen molar-refractivity contribution in [3.05, 3.63) is 57.5 Å². The number of para-hydroxylation sites is 1. The van der Waals surface area contributed by atoms with Crippen LogP contribution in [0.3, 0.4) is 0 Å². The summed E-state index contributed by atoms with van der Waals surface area (Å²) in [4.78, 5) is 31.7. The van der Waals surface area contributed by atoms with Gasteiger partial charge in [-0.3, -0.25) is 4.79 Å². The van der Waals surface area contributed by atoms with Crippen molar-refractivity contribution >= 4 is 16.9 Å². The Morgan fingerprint density at radius 3 is 2.68 bits per heavy atom. The van der Waals surface area contributed by atoms with E-state index in [0.717, 1.165) is 0 Å². The summed E-state index contributed by atoms with van der Waals surface area (Å²) in [7, 11) is 0. The van der Waals surface area contributed by atoms with Gasteiger partial charge in [0.2, 0.25) is 0 Å². The number of benzene rings is 1. The van der Waals surface area contributed by atoms with Crippen molar-refractivity contribution < 1.29 is 14.1 Å². The van der Waals surface area contributed by atoms with Crippen LogP contribution >= 0.6 is 0 Å². The molecule has 3 aromatic rings. The van der Waals surface area contributed by atoms with Gasteiger partial charge in [0.1, 0.15) is 5.56 Å². The molecule has 0 saturated carbocycles. The number of hydrogen-bond acceptors (Lipinski definition) is 6. The largest absolute Gasteiger partial charge is 0.451 e. The van der Waals surface area contributed by atoms with Crippen LogP contribution in [0.5, 0.6) is 0 Å². The fourth-order valence-electron chi connectivity index (χ4n) is 2.60. The van der Waals surface area contributed by atoms with E-state index in [0.29, 0.717) is 27.9 Å². The van der Waals surface area contributed by atoms with Gasteiger partial charge in [-0.1, -0.05) is 31.1 Å². The quantitative estimate of drug-likeness (QED) is 0.731. The van der Waals surface area contributed by atoms with Gasteiger partial charge in [0.15, 0.2) is 17.7 Å². The summed E-state index contributed by atoms with van der Waals surface area (Å²) in [6, 6.07) is 7.00. The number of rotatable bonds is 4. The number of carbonyl (C=O) groups excluding carboxylic acids is 1. The molecule has 7 nitrogen and oxygen atoms in total. The fraction of sp³-hybridized carbons (Fsp3) is 0.333. The van der Waals surface area contributed by atoms with Crippen LogP contribution in [0.1, 0.15) is 60.4 Å². The first-order chi connectivity index (χ1) is 11.9. The van der Waals surface area contributed by atoms with E-state index in [1.807, 2.05) is 13.8 Å². The van der Waals surface area contributed by atoms with E-state index in [1.54, 1.807) is 38.1 Å². The van der Waals surface area contributed by atoms with E-state index in [-0.39, 0.29) is 17.3 Å². The van der Waals surface area contributed by atoms with E-state index >= 15 is 0 Å². The fourth-order valence-corrected chi connectivity index (χ4v) is 2.60. The Bertz CT molecular complexity index is 987. The first-order valence-corrected chi connectivity index (χ1v) is 8.04. The van der Waals surface area contributed by atoms with Crippen LogP contribution in [0.15, 0.2) is 33.6 Å². The van der Waals surface area contributed by atoms with Gasteiger partial charge in [-0.2, -0.15) is 0 Å². The summed E-state index contributed by atoms with van der Waals surface area (Å²) in [5, 5.41) is 4.33. The number of hydrogen-bond donors (Lipinski definition) is 1. The van der Waals surface area contributed by atoms with Gasteiger partial charge in [-0.25, -0.2) is 9.78 Å². The predicted octanol–water partition coefficient (Wildman–Crippen LogP) is 3.26. The second-order valence-corrected chi connectivity index (χ2v) is 6.18. The average Bonchev–Trinajstić information content (AvgIpc) is 2.96. The van der Waals surface area contributed by atoms with Crippen molar-refractivity contribution in [2.75, 3.05) is 0 Å². The molecule has 3 rings (SSSR count). The zero-order valence-electron chi connectivity index (χ0n) is 14.5. The number of fused-ring (bicyclic) bond motifs is 1. The summed E-state index contributed by atoms with van der Waals surface area (Å²) in [6.07, 6.45) is -0.723. The van der Waals surface area contributed by atoms with E-state index in [4.69, 9.17) is 9.26 Å². The number of esters is 1. The molecule has 0 unspecified atom stereocenters. The number of aromatic amines is 1. The number of nitrogens with zero attached hydrogens (tertiary/aromatic N) is 2. The minimum absolute atomic E-state index is 0.00217. The normalized spacial score (nSPS) is 12.5. The Labute approximate surface area is 144 Å². The SMILES string of the molecule is Cc1noc(C(C)C)c1C(=O)O[C@@H](C)c1nc2ccccc2c(=O)[nH]1. The molecule has 0 fully saturated rings. The molecule has 1 aromatic carbocycles. The summed E-state index contributed by atoms with van der Waals surface area (Å²) >= 11 is 0. The molecule has 0 aliphatic heterocycles. The number of aryl methyl sites for hydroxylation is 1. The molecule has 0 spiro atoms. The first-order valence-electron chi connectivity index (χ1n) is 8.04. The molecule has 2 heterocycles.